The van der Waals surface area contributed by atoms with Gasteiger partial charge in [-0.05, 0) is 19.1 Å². The minimum atomic E-state index is -0.950. The molecule has 6 heteroatoms. The number of furan rings is 1. The fourth-order valence-electron chi connectivity index (χ4n) is 1.44. The Balaban J connectivity index is 2.41. The summed E-state index contributed by atoms with van der Waals surface area (Å²) in [6.45, 7) is 1.74. The van der Waals surface area contributed by atoms with Gasteiger partial charge in [-0.3, -0.25) is 4.79 Å². The third-order valence-electron chi connectivity index (χ3n) is 2.24. The van der Waals surface area contributed by atoms with Crippen molar-refractivity contribution in [2.45, 2.75) is 6.92 Å². The number of esters is 1. The van der Waals surface area contributed by atoms with E-state index in [2.05, 4.69) is 4.74 Å². The third kappa shape index (κ3) is 2.35. The van der Waals surface area contributed by atoms with Gasteiger partial charge >= 0.3 is 11.8 Å². The van der Waals surface area contributed by atoms with E-state index in [4.69, 9.17) is 27.6 Å². The normalized spacial score (nSPS) is 10.6. The van der Waals surface area contributed by atoms with E-state index in [1.54, 1.807) is 13.0 Å². The average Bonchev–Trinajstić information content (AvgIpc) is 2.72. The molecule has 0 aliphatic carbocycles. The number of rotatable bonds is 3. The zero-order valence-electron chi connectivity index (χ0n) is 9.33. The van der Waals surface area contributed by atoms with Crippen LogP contribution in [0.2, 0.25) is 10.0 Å². The second-order valence-corrected chi connectivity index (χ2v) is 4.28. The van der Waals surface area contributed by atoms with Crippen LogP contribution in [-0.2, 0) is 9.53 Å². The first-order valence-electron chi connectivity index (χ1n) is 5.13. The number of ether oxygens (including phenoxy) is 1. The molecule has 2 aromatic rings. The fraction of sp³-hybridized carbons (Fsp3) is 0.167. The van der Waals surface area contributed by atoms with Crippen molar-refractivity contribution in [1.29, 1.82) is 0 Å². The first-order valence-corrected chi connectivity index (χ1v) is 5.88. The predicted molar refractivity (Wildman–Crippen MR) is 67.2 cm³/mol. The lowest BCUT2D eigenvalue weighted by molar-refractivity contribution is -0.137. The van der Waals surface area contributed by atoms with Gasteiger partial charge in [0.1, 0.15) is 5.58 Å². The summed E-state index contributed by atoms with van der Waals surface area (Å²) in [4.78, 5) is 22.9. The molecule has 94 valence electrons. The van der Waals surface area contributed by atoms with E-state index in [1.165, 1.54) is 12.1 Å². The summed E-state index contributed by atoms with van der Waals surface area (Å²) in [6.07, 6.45) is 0. The lowest BCUT2D eigenvalue weighted by atomic mass is 10.2. The lowest BCUT2D eigenvalue weighted by Gasteiger charge is -1.96. The van der Waals surface area contributed by atoms with Crippen molar-refractivity contribution in [3.63, 3.8) is 0 Å². The van der Waals surface area contributed by atoms with Gasteiger partial charge in [0.15, 0.2) is 5.76 Å². The number of hydrogen-bond donors (Lipinski definition) is 0. The first kappa shape index (κ1) is 12.9. The van der Waals surface area contributed by atoms with Gasteiger partial charge in [0.2, 0.25) is 0 Å². The highest BCUT2D eigenvalue weighted by atomic mass is 35.5. The molecule has 0 amide bonds. The summed E-state index contributed by atoms with van der Waals surface area (Å²) < 4.78 is 9.84. The van der Waals surface area contributed by atoms with Crippen LogP contribution >= 0.6 is 23.2 Å². The minimum absolute atomic E-state index is 0.0956. The molecule has 0 unspecified atom stereocenters. The van der Waals surface area contributed by atoms with Gasteiger partial charge in [0.25, 0.3) is 0 Å². The van der Waals surface area contributed by atoms with E-state index < -0.39 is 11.8 Å². The van der Waals surface area contributed by atoms with E-state index >= 15 is 0 Å². The topological polar surface area (TPSA) is 56.5 Å². The Morgan fingerprint density at radius 3 is 2.56 bits per heavy atom. The molecular weight excluding hydrogens is 279 g/mol. The second kappa shape index (κ2) is 5.00. The van der Waals surface area contributed by atoms with Gasteiger partial charge in [-0.25, -0.2) is 4.79 Å². The molecule has 0 bridgehead atoms. The minimum Gasteiger partial charge on any atom is -0.460 e. The standard InChI is InChI=1S/C12H8Cl2O4/c1-2-17-12(16)11(15)10-4-6-3-7(13)8(14)5-9(6)18-10/h3-5H,2H2,1H3. The molecule has 0 saturated heterocycles. The molecular formula is C12H8Cl2O4. The van der Waals surface area contributed by atoms with Crippen molar-refractivity contribution in [1.82, 2.24) is 0 Å². The molecule has 18 heavy (non-hydrogen) atoms. The van der Waals surface area contributed by atoms with Crippen LogP contribution in [0.3, 0.4) is 0 Å². The van der Waals surface area contributed by atoms with Gasteiger partial charge in [-0.2, -0.15) is 0 Å². The molecule has 0 fully saturated rings. The molecule has 0 radical (unpaired) electrons. The van der Waals surface area contributed by atoms with Gasteiger partial charge in [0.05, 0.1) is 16.7 Å². The summed E-state index contributed by atoms with van der Waals surface area (Å²) in [5.41, 5.74) is 0.386. The number of carbonyl (C=O) groups excluding carboxylic acids is 2. The summed E-state index contributed by atoms with van der Waals surface area (Å²) >= 11 is 11.7. The molecule has 0 N–H and O–H groups in total. The van der Waals surface area contributed by atoms with Gasteiger partial charge < -0.3 is 9.15 Å². The predicted octanol–water partition coefficient (Wildman–Crippen LogP) is 3.49. The molecule has 4 nitrogen and oxygen atoms in total. The number of fused-ring (bicyclic) bond motifs is 1. The van der Waals surface area contributed by atoms with Crippen LogP contribution in [0, 0.1) is 0 Å². The largest absolute Gasteiger partial charge is 0.460 e. The van der Waals surface area contributed by atoms with Crippen molar-refractivity contribution in [2.75, 3.05) is 6.61 Å². The smallest absolute Gasteiger partial charge is 0.383 e. The number of ketones is 1. The van der Waals surface area contributed by atoms with E-state index in [-0.39, 0.29) is 12.4 Å². The van der Waals surface area contributed by atoms with Crippen molar-refractivity contribution >= 4 is 45.9 Å². The Hall–Kier alpha value is -1.52. The zero-order chi connectivity index (χ0) is 13.3. The average molecular weight is 287 g/mol. The first-order chi connectivity index (χ1) is 8.52. The quantitative estimate of drug-likeness (QED) is 0.492. The van der Waals surface area contributed by atoms with Crippen LogP contribution in [0.1, 0.15) is 17.5 Å². The van der Waals surface area contributed by atoms with E-state index in [0.717, 1.165) is 0 Å². The zero-order valence-corrected chi connectivity index (χ0v) is 10.8. The molecule has 2 rings (SSSR count). The Morgan fingerprint density at radius 1 is 1.22 bits per heavy atom. The number of benzene rings is 1. The molecule has 0 atom stereocenters. The van der Waals surface area contributed by atoms with Crippen molar-refractivity contribution in [3.05, 3.63) is 34.0 Å². The number of carbonyl (C=O) groups is 2. The highest BCUT2D eigenvalue weighted by Gasteiger charge is 2.22. The Kier molecular flexibility index (Phi) is 3.59. The second-order valence-electron chi connectivity index (χ2n) is 3.46. The van der Waals surface area contributed by atoms with Crippen LogP contribution < -0.4 is 0 Å². The summed E-state index contributed by atoms with van der Waals surface area (Å²) in [7, 11) is 0. The molecule has 1 aromatic carbocycles. The molecule has 0 saturated carbocycles. The summed E-state index contributed by atoms with van der Waals surface area (Å²) in [5.74, 6) is -1.88. The SMILES string of the molecule is CCOC(=O)C(=O)c1cc2cc(Cl)c(Cl)cc2o1. The maximum Gasteiger partial charge on any atom is 0.383 e. The van der Waals surface area contributed by atoms with Gasteiger partial charge in [0, 0.05) is 11.5 Å². The maximum absolute atomic E-state index is 11.6. The highest BCUT2D eigenvalue weighted by Crippen LogP contribution is 2.30. The van der Waals surface area contributed by atoms with Crippen LogP contribution in [0.4, 0.5) is 0 Å². The number of Topliss-reactive ketones (excluding diaryl/α,β-unsaturated/α-hetero) is 1. The van der Waals surface area contributed by atoms with Crippen molar-refractivity contribution in [2.24, 2.45) is 0 Å². The van der Waals surface area contributed by atoms with Gasteiger partial charge in [-0.1, -0.05) is 23.2 Å². The highest BCUT2D eigenvalue weighted by molar-refractivity contribution is 6.43. The van der Waals surface area contributed by atoms with Gasteiger partial charge in [-0.15, -0.1) is 0 Å². The Bertz CT molecular complexity index is 591. The Morgan fingerprint density at radius 2 is 1.89 bits per heavy atom. The molecule has 0 aliphatic heterocycles. The Labute approximate surface area is 112 Å². The number of hydrogen-bond acceptors (Lipinski definition) is 4. The fourth-order valence-corrected chi connectivity index (χ4v) is 1.77. The van der Waals surface area contributed by atoms with Crippen LogP contribution in [0.5, 0.6) is 0 Å². The van der Waals surface area contributed by atoms with Crippen molar-refractivity contribution < 1.29 is 18.7 Å². The number of halogens is 2. The molecule has 1 aromatic heterocycles. The third-order valence-corrected chi connectivity index (χ3v) is 2.97. The summed E-state index contributed by atoms with van der Waals surface area (Å²) in [5, 5.41) is 1.26. The van der Waals surface area contributed by atoms with E-state index in [1.807, 2.05) is 0 Å². The molecule has 1 heterocycles. The van der Waals surface area contributed by atoms with Crippen molar-refractivity contribution in [3.8, 4) is 0 Å². The maximum atomic E-state index is 11.6. The lowest BCUT2D eigenvalue weighted by Crippen LogP contribution is -2.16. The van der Waals surface area contributed by atoms with Crippen LogP contribution in [0.15, 0.2) is 22.6 Å². The molecule has 0 spiro atoms. The monoisotopic (exact) mass is 286 g/mol. The molecule has 0 aliphatic rings. The van der Waals surface area contributed by atoms with Crippen LogP contribution in [-0.4, -0.2) is 18.4 Å². The summed E-state index contributed by atoms with van der Waals surface area (Å²) in [6, 6.07) is 4.47. The van der Waals surface area contributed by atoms with E-state index in [9.17, 15) is 9.59 Å². The van der Waals surface area contributed by atoms with E-state index in [0.29, 0.717) is 21.0 Å². The van der Waals surface area contributed by atoms with Crippen LogP contribution in [0.25, 0.3) is 11.0 Å².